The standard InChI is InChI=1S/C18H19ClN6O3/c1-12(10-24-13(2)9-17(22-24)25(27)28)18(26)20-16-7-8-23(21-16)11-14-3-5-15(19)6-4-14/h3-9,12H,10-11H2,1-2H3,(H,20,21,26). The minimum absolute atomic E-state index is 0.231. The van der Waals surface area contributed by atoms with Gasteiger partial charge in [0, 0.05) is 17.3 Å². The minimum Gasteiger partial charge on any atom is -0.358 e. The van der Waals surface area contributed by atoms with Gasteiger partial charge in [-0.15, -0.1) is 0 Å². The van der Waals surface area contributed by atoms with Gasteiger partial charge in [-0.05, 0) is 29.5 Å². The first-order valence-corrected chi connectivity index (χ1v) is 8.97. The number of hydrogen-bond donors (Lipinski definition) is 1. The lowest BCUT2D eigenvalue weighted by Gasteiger charge is -2.10. The van der Waals surface area contributed by atoms with Crippen molar-refractivity contribution in [2.75, 3.05) is 5.32 Å². The molecule has 2 heterocycles. The van der Waals surface area contributed by atoms with E-state index in [1.54, 1.807) is 30.8 Å². The smallest absolute Gasteiger partial charge is 0.358 e. The summed E-state index contributed by atoms with van der Waals surface area (Å²) >= 11 is 5.88. The van der Waals surface area contributed by atoms with Crippen LogP contribution in [0.25, 0.3) is 0 Å². The van der Waals surface area contributed by atoms with Crippen LogP contribution in [0.1, 0.15) is 18.2 Å². The molecule has 1 N–H and O–H groups in total. The number of halogens is 1. The molecule has 2 aromatic heterocycles. The van der Waals surface area contributed by atoms with Crippen LogP contribution < -0.4 is 5.32 Å². The summed E-state index contributed by atoms with van der Waals surface area (Å²) in [6.45, 7) is 4.23. The summed E-state index contributed by atoms with van der Waals surface area (Å²) in [5.74, 6) is -0.478. The van der Waals surface area contributed by atoms with E-state index in [1.807, 2.05) is 24.3 Å². The molecular weight excluding hydrogens is 384 g/mol. The maximum atomic E-state index is 12.4. The van der Waals surface area contributed by atoms with Crippen molar-refractivity contribution in [2.45, 2.75) is 26.9 Å². The van der Waals surface area contributed by atoms with Gasteiger partial charge < -0.3 is 15.4 Å². The summed E-state index contributed by atoms with van der Waals surface area (Å²) < 4.78 is 3.17. The molecule has 0 aliphatic rings. The molecule has 28 heavy (non-hydrogen) atoms. The Morgan fingerprint density at radius 1 is 1.29 bits per heavy atom. The highest BCUT2D eigenvalue weighted by Gasteiger charge is 2.21. The SMILES string of the molecule is Cc1cc([N+](=O)[O-])nn1CC(C)C(=O)Nc1ccn(Cc2ccc(Cl)cc2)n1. The van der Waals surface area contributed by atoms with Gasteiger partial charge in [-0.2, -0.15) is 9.78 Å². The predicted octanol–water partition coefficient (Wildman–Crippen LogP) is 3.27. The molecule has 3 aromatic rings. The van der Waals surface area contributed by atoms with Crippen LogP contribution in [0.5, 0.6) is 0 Å². The molecule has 0 saturated heterocycles. The average Bonchev–Trinajstić information content (AvgIpc) is 3.24. The monoisotopic (exact) mass is 402 g/mol. The van der Waals surface area contributed by atoms with Gasteiger partial charge in [-0.25, -0.2) is 0 Å². The molecule has 0 radical (unpaired) electrons. The number of amides is 1. The highest BCUT2D eigenvalue weighted by molar-refractivity contribution is 6.30. The highest BCUT2D eigenvalue weighted by Crippen LogP contribution is 2.15. The normalized spacial score (nSPS) is 12.0. The summed E-state index contributed by atoms with van der Waals surface area (Å²) in [4.78, 5) is 22.7. The van der Waals surface area contributed by atoms with Crippen molar-refractivity contribution in [1.29, 1.82) is 0 Å². The van der Waals surface area contributed by atoms with Crippen LogP contribution in [-0.2, 0) is 17.9 Å². The third-order valence-corrected chi connectivity index (χ3v) is 4.45. The predicted molar refractivity (Wildman–Crippen MR) is 104 cm³/mol. The van der Waals surface area contributed by atoms with Crippen molar-refractivity contribution in [3.63, 3.8) is 0 Å². The molecule has 0 bridgehead atoms. The maximum Gasteiger partial charge on any atom is 0.390 e. The van der Waals surface area contributed by atoms with Crippen molar-refractivity contribution >= 4 is 29.1 Å². The van der Waals surface area contributed by atoms with E-state index in [0.717, 1.165) is 5.56 Å². The van der Waals surface area contributed by atoms with Gasteiger partial charge in [-0.1, -0.05) is 30.7 Å². The van der Waals surface area contributed by atoms with Crippen LogP contribution >= 0.6 is 11.6 Å². The molecule has 146 valence electrons. The molecule has 1 unspecified atom stereocenters. The summed E-state index contributed by atoms with van der Waals surface area (Å²) in [5.41, 5.74) is 1.66. The lowest BCUT2D eigenvalue weighted by Crippen LogP contribution is -2.25. The van der Waals surface area contributed by atoms with Gasteiger partial charge in [0.25, 0.3) is 0 Å². The molecule has 0 saturated carbocycles. The largest absolute Gasteiger partial charge is 0.390 e. The Hall–Kier alpha value is -3.20. The molecule has 0 aliphatic carbocycles. The summed E-state index contributed by atoms with van der Waals surface area (Å²) in [6, 6.07) is 10.5. The van der Waals surface area contributed by atoms with E-state index < -0.39 is 10.8 Å². The Bertz CT molecular complexity index is 995. The number of anilines is 1. The van der Waals surface area contributed by atoms with Gasteiger partial charge >= 0.3 is 5.82 Å². The number of rotatable bonds is 7. The summed E-state index contributed by atoms with van der Waals surface area (Å²) in [7, 11) is 0. The van der Waals surface area contributed by atoms with E-state index in [-0.39, 0.29) is 18.3 Å². The second kappa shape index (κ2) is 8.22. The quantitative estimate of drug-likeness (QED) is 0.482. The van der Waals surface area contributed by atoms with Crippen molar-refractivity contribution in [3.8, 4) is 0 Å². The fourth-order valence-corrected chi connectivity index (χ4v) is 2.78. The van der Waals surface area contributed by atoms with E-state index >= 15 is 0 Å². The zero-order valence-corrected chi connectivity index (χ0v) is 16.1. The number of nitrogens with zero attached hydrogens (tertiary/aromatic N) is 5. The van der Waals surface area contributed by atoms with Crippen molar-refractivity contribution in [1.82, 2.24) is 19.6 Å². The van der Waals surface area contributed by atoms with Crippen LogP contribution in [0.3, 0.4) is 0 Å². The molecule has 1 amide bonds. The van der Waals surface area contributed by atoms with E-state index in [2.05, 4.69) is 15.5 Å². The second-order valence-corrected chi connectivity index (χ2v) is 6.93. The van der Waals surface area contributed by atoms with Crippen LogP contribution in [0, 0.1) is 23.0 Å². The molecule has 0 aliphatic heterocycles. The lowest BCUT2D eigenvalue weighted by atomic mass is 10.1. The molecule has 1 atom stereocenters. The number of hydrogen-bond acceptors (Lipinski definition) is 5. The van der Waals surface area contributed by atoms with Gasteiger partial charge in [-0.3, -0.25) is 9.48 Å². The Labute approximate surface area is 166 Å². The maximum absolute atomic E-state index is 12.4. The van der Waals surface area contributed by atoms with Crippen LogP contribution in [0.2, 0.25) is 5.02 Å². The van der Waals surface area contributed by atoms with Crippen LogP contribution in [0.4, 0.5) is 11.6 Å². The number of aromatic nitrogens is 4. The molecular formula is C18H19ClN6O3. The summed E-state index contributed by atoms with van der Waals surface area (Å²) in [6.07, 6.45) is 1.77. The Morgan fingerprint density at radius 3 is 2.64 bits per heavy atom. The first-order chi connectivity index (χ1) is 13.3. The van der Waals surface area contributed by atoms with Crippen LogP contribution in [0.15, 0.2) is 42.6 Å². The first kappa shape index (κ1) is 19.6. The fraction of sp³-hybridized carbons (Fsp3) is 0.278. The fourth-order valence-electron chi connectivity index (χ4n) is 2.65. The second-order valence-electron chi connectivity index (χ2n) is 6.50. The molecule has 1 aromatic carbocycles. The average molecular weight is 403 g/mol. The molecule has 0 spiro atoms. The summed E-state index contributed by atoms with van der Waals surface area (Å²) in [5, 5.41) is 22.5. The van der Waals surface area contributed by atoms with Crippen molar-refractivity contribution in [2.24, 2.45) is 5.92 Å². The third kappa shape index (κ3) is 4.74. The van der Waals surface area contributed by atoms with Gasteiger partial charge in [0.1, 0.15) is 0 Å². The number of carbonyl (C=O) groups is 1. The van der Waals surface area contributed by atoms with E-state index in [9.17, 15) is 14.9 Å². The molecule has 9 nitrogen and oxygen atoms in total. The zero-order chi connectivity index (χ0) is 20.3. The number of nitro groups is 1. The molecule has 3 rings (SSSR count). The third-order valence-electron chi connectivity index (χ3n) is 4.20. The zero-order valence-electron chi connectivity index (χ0n) is 15.4. The minimum atomic E-state index is -0.554. The van der Waals surface area contributed by atoms with E-state index in [4.69, 9.17) is 11.6 Å². The van der Waals surface area contributed by atoms with E-state index in [0.29, 0.717) is 23.1 Å². The number of aryl methyl sites for hydroxylation is 1. The van der Waals surface area contributed by atoms with Gasteiger partial charge in [0.2, 0.25) is 5.91 Å². The topological polar surface area (TPSA) is 108 Å². The lowest BCUT2D eigenvalue weighted by molar-refractivity contribution is -0.389. The van der Waals surface area contributed by atoms with Crippen molar-refractivity contribution < 1.29 is 9.72 Å². The van der Waals surface area contributed by atoms with Crippen LogP contribution in [-0.4, -0.2) is 30.4 Å². The Morgan fingerprint density at radius 2 is 2.00 bits per heavy atom. The van der Waals surface area contributed by atoms with E-state index in [1.165, 1.54) is 10.7 Å². The van der Waals surface area contributed by atoms with Gasteiger partial charge in [0.05, 0.1) is 35.9 Å². The van der Waals surface area contributed by atoms with Gasteiger partial charge in [0.15, 0.2) is 5.82 Å². The number of carbonyl (C=O) groups excluding carboxylic acids is 1. The molecule has 0 fully saturated rings. The molecule has 10 heteroatoms. The Balaban J connectivity index is 1.59. The Kier molecular flexibility index (Phi) is 5.74. The van der Waals surface area contributed by atoms with Crippen molar-refractivity contribution in [3.05, 3.63) is 69.0 Å². The highest BCUT2D eigenvalue weighted by atomic mass is 35.5. The number of benzene rings is 1. The first-order valence-electron chi connectivity index (χ1n) is 8.59. The number of nitrogens with one attached hydrogen (secondary N) is 1.